The minimum Gasteiger partial charge on any atom is -0.507 e. The summed E-state index contributed by atoms with van der Waals surface area (Å²) in [4.78, 5) is 52.6. The molecule has 1 aliphatic carbocycles. The van der Waals surface area contributed by atoms with Gasteiger partial charge >= 0.3 is 0 Å². The number of β-amino-alcohol motifs (C(OH)–C–C–N with tert-alkyl or cyclic N) is 1. The number of likely N-dealkylation sites (tertiary alicyclic amines) is 1. The molecule has 20 nitrogen and oxygen atoms in total. The van der Waals surface area contributed by atoms with E-state index >= 15 is 0 Å². The predicted octanol–water partition coefficient (Wildman–Crippen LogP) is 7.14. The Morgan fingerprint density at radius 2 is 1.64 bits per heavy atom. The maximum atomic E-state index is 14.5. The third kappa shape index (κ3) is 11.3. The molecule has 1 saturated carbocycles. The molecule has 2 bridgehead atoms. The fourth-order valence-electron chi connectivity index (χ4n) is 14.6. The summed E-state index contributed by atoms with van der Waals surface area (Å²) in [6.07, 6.45) is 7.69. The van der Waals surface area contributed by atoms with E-state index in [1.54, 1.807) is 28.4 Å². The highest BCUT2D eigenvalue weighted by molar-refractivity contribution is 7.13. The zero-order valence-electron chi connectivity index (χ0n) is 48.6. The summed E-state index contributed by atoms with van der Waals surface area (Å²) < 4.78 is 18.5. The maximum absolute atomic E-state index is 14.5. The van der Waals surface area contributed by atoms with Gasteiger partial charge in [0.15, 0.2) is 17.4 Å². The van der Waals surface area contributed by atoms with Crippen molar-refractivity contribution in [2.24, 2.45) is 17.8 Å². The van der Waals surface area contributed by atoms with Crippen molar-refractivity contribution in [2.45, 2.75) is 120 Å². The zero-order valence-corrected chi connectivity index (χ0v) is 49.4. The number of thiazole rings is 1. The molecule has 6 saturated heterocycles. The van der Waals surface area contributed by atoms with Crippen LogP contribution in [0.2, 0.25) is 0 Å². The molecule has 6 atom stereocenters. The number of nitrogens with two attached hydrogens (primary N) is 1. The molecule has 6 aliphatic heterocycles. The summed E-state index contributed by atoms with van der Waals surface area (Å²) >= 11 is 1.60. The van der Waals surface area contributed by atoms with Gasteiger partial charge in [0.05, 0.1) is 58.4 Å². The van der Waals surface area contributed by atoms with Crippen LogP contribution in [0.15, 0.2) is 89.0 Å². The Hall–Kier alpha value is -6.91. The number of para-hydroxylation sites is 1. The number of fused-ring (bicyclic) bond motifs is 2. The third-order valence-corrected chi connectivity index (χ3v) is 20.2. The minimum atomic E-state index is -0.807. The monoisotopic (exact) mass is 1160 g/mol. The van der Waals surface area contributed by atoms with E-state index in [2.05, 4.69) is 67.3 Å². The number of carbonyl (C=O) groups is 2. The van der Waals surface area contributed by atoms with Gasteiger partial charge in [0.2, 0.25) is 17.7 Å². The Morgan fingerprint density at radius 3 is 2.36 bits per heavy atom. The van der Waals surface area contributed by atoms with Gasteiger partial charge in [-0.2, -0.15) is 0 Å². The lowest BCUT2D eigenvalue weighted by atomic mass is 9.81. The molecule has 1 spiro atoms. The lowest BCUT2D eigenvalue weighted by molar-refractivity contribution is -0.175. The number of nitrogen functional groups attached to an aromatic ring is 1. The van der Waals surface area contributed by atoms with Gasteiger partial charge in [-0.3, -0.25) is 19.4 Å². The van der Waals surface area contributed by atoms with Crippen LogP contribution in [0.25, 0.3) is 21.7 Å². The third-order valence-electron chi connectivity index (χ3n) is 19.2. The minimum absolute atomic E-state index is 0.0537. The second-order valence-corrected chi connectivity index (χ2v) is 26.2. The van der Waals surface area contributed by atoms with Crippen LogP contribution >= 0.6 is 11.3 Å². The van der Waals surface area contributed by atoms with Gasteiger partial charge in [-0.15, -0.1) is 21.5 Å². The van der Waals surface area contributed by atoms with Gasteiger partial charge in [0.1, 0.15) is 23.8 Å². The molecule has 4 aromatic heterocycles. The second-order valence-electron chi connectivity index (χ2n) is 25.3. The summed E-state index contributed by atoms with van der Waals surface area (Å²) in [6.45, 7) is 18.1. The van der Waals surface area contributed by atoms with E-state index in [4.69, 9.17) is 19.7 Å². The van der Waals surface area contributed by atoms with Crippen LogP contribution in [-0.2, 0) is 14.3 Å². The van der Waals surface area contributed by atoms with Gasteiger partial charge in [-0.1, -0.05) is 55.4 Å². The Kier molecular flexibility index (Phi) is 15.7. The fourth-order valence-corrected chi connectivity index (χ4v) is 15.4. The van der Waals surface area contributed by atoms with E-state index in [0.717, 1.165) is 150 Å². The molecular formula is C63H79N13O7S. The van der Waals surface area contributed by atoms with Crippen molar-refractivity contribution in [3.05, 3.63) is 102 Å². The number of ether oxygens (including phenoxy) is 2. The summed E-state index contributed by atoms with van der Waals surface area (Å²) in [5.74, 6) is 2.29. The molecule has 444 valence electrons. The number of amides is 2. The van der Waals surface area contributed by atoms with Crippen molar-refractivity contribution in [1.82, 2.24) is 45.3 Å². The number of aryl methyl sites for hydroxylation is 1. The highest BCUT2D eigenvalue weighted by Gasteiger charge is 2.50. The number of anilines is 4. The number of phenolic OH excluding ortho intramolecular Hbond substituents is 1. The molecule has 2 amide bonds. The number of phenols is 1. The van der Waals surface area contributed by atoms with Crippen molar-refractivity contribution < 1.29 is 33.8 Å². The molecule has 13 rings (SSSR count). The summed E-state index contributed by atoms with van der Waals surface area (Å²) in [7, 11) is 0. The number of rotatable bonds is 17. The lowest BCUT2D eigenvalue weighted by Crippen LogP contribution is -2.72. The van der Waals surface area contributed by atoms with Crippen LogP contribution in [0, 0.1) is 24.7 Å². The Labute approximate surface area is 495 Å². The average Bonchev–Trinajstić information content (AvgIpc) is 2.43. The molecule has 2 aromatic carbocycles. The van der Waals surface area contributed by atoms with E-state index in [1.165, 1.54) is 0 Å². The second kappa shape index (κ2) is 23.5. The average molecular weight is 1160 g/mol. The lowest BCUT2D eigenvalue weighted by Gasteiger charge is -2.57. The van der Waals surface area contributed by atoms with E-state index < -0.39 is 18.1 Å². The van der Waals surface area contributed by atoms with Gasteiger partial charge in [-0.25, -0.2) is 9.97 Å². The van der Waals surface area contributed by atoms with Crippen LogP contribution < -0.4 is 30.5 Å². The smallest absolute Gasteiger partial charge is 0.243 e. The molecule has 1 unspecified atom stereocenters. The highest BCUT2D eigenvalue weighted by Crippen LogP contribution is 2.42. The van der Waals surface area contributed by atoms with Crippen molar-refractivity contribution in [3.8, 4) is 33.3 Å². The summed E-state index contributed by atoms with van der Waals surface area (Å²) in [5.41, 5.74) is 14.6. The molecule has 84 heavy (non-hydrogen) atoms. The van der Waals surface area contributed by atoms with E-state index in [1.807, 2.05) is 87.9 Å². The largest absolute Gasteiger partial charge is 0.507 e. The van der Waals surface area contributed by atoms with Crippen molar-refractivity contribution in [2.75, 3.05) is 99.1 Å². The fraction of sp³-hybridized carbons (Fsp3) is 0.540. The number of hydrogen-bond acceptors (Lipinski definition) is 19. The number of pyridine rings is 1. The molecule has 6 aromatic rings. The van der Waals surface area contributed by atoms with Crippen LogP contribution in [0.5, 0.6) is 11.6 Å². The van der Waals surface area contributed by atoms with Crippen molar-refractivity contribution >= 4 is 46.2 Å². The Balaban J connectivity index is 0.558. The molecule has 7 fully saturated rings. The first-order valence-electron chi connectivity index (χ1n) is 30.4. The molecule has 21 heteroatoms. The van der Waals surface area contributed by atoms with Crippen molar-refractivity contribution in [3.63, 3.8) is 0 Å². The molecule has 10 heterocycles. The van der Waals surface area contributed by atoms with E-state index in [-0.39, 0.29) is 54.1 Å². The molecule has 0 radical (unpaired) electrons. The number of aromatic hydroxyl groups is 1. The highest BCUT2D eigenvalue weighted by atomic mass is 32.1. The van der Waals surface area contributed by atoms with E-state index in [9.17, 15) is 19.8 Å². The standard InChI is InChI=1S/C63H79N13O7S/c1-38(2)58(62(80)75-33-48(77)26-53(75)61(79)67-39(3)43-9-11-44(12-10-43)59-40(4)66-37-84-59)55-28-56(70-83-55)72-19-16-41(17-20-72)30-74-22-21-71(34-63(74)35-81-36-63)29-42-23-49(24-42)82-57-25-45(15-18-65-57)76-46-13-14-47(76)32-73(31-46)52-27-51(68-69-60(52)64)50-7-5-6-8-54(50)78/h5-12,15,18,25,27-28,37-39,41-42,46-49,53,58,77-78H,13-14,16-17,19-24,26,29-36H2,1-4H3,(H2,64,69)(H,67,79)/t39-,42?,46+,47?,48+,49?,53-,58+/m0/s1. The number of aliphatic hydroxyl groups is 1. The number of hydrogen-bond donors (Lipinski definition) is 4. The van der Waals surface area contributed by atoms with Gasteiger partial charge in [0.25, 0.3) is 0 Å². The number of nitrogens with zero attached hydrogens (tertiary/aromatic N) is 11. The number of carbonyl (C=O) groups excluding carboxylic acids is 2. The molecule has 5 N–H and O–H groups in total. The van der Waals surface area contributed by atoms with E-state index in [0.29, 0.717) is 52.6 Å². The first-order valence-corrected chi connectivity index (χ1v) is 31.2. The number of benzene rings is 2. The van der Waals surface area contributed by atoms with Gasteiger partial charge in [0, 0.05) is 114 Å². The number of piperazine rings is 2. The number of aliphatic hydroxyl groups excluding tert-OH is 1. The van der Waals surface area contributed by atoms with Gasteiger partial charge in [-0.05, 0) is 106 Å². The first kappa shape index (κ1) is 56.2. The Bertz CT molecular complexity index is 3290. The van der Waals surface area contributed by atoms with Crippen LogP contribution in [-0.4, -0.2) is 177 Å². The predicted molar refractivity (Wildman–Crippen MR) is 322 cm³/mol. The number of nitrogens with one attached hydrogen (secondary N) is 1. The van der Waals surface area contributed by atoms with Crippen molar-refractivity contribution in [1.29, 1.82) is 0 Å². The van der Waals surface area contributed by atoms with Crippen LogP contribution in [0.3, 0.4) is 0 Å². The Morgan fingerprint density at radius 1 is 0.869 bits per heavy atom. The summed E-state index contributed by atoms with van der Waals surface area (Å²) in [6, 6.07) is 22.9. The zero-order chi connectivity index (χ0) is 57.8. The summed E-state index contributed by atoms with van der Waals surface area (Å²) in [5, 5.41) is 37.6. The van der Waals surface area contributed by atoms with Crippen LogP contribution in [0.4, 0.5) is 23.0 Å². The number of aromatic nitrogens is 5. The normalized spacial score (nSPS) is 25.2. The number of piperidine rings is 1. The molecular weight excluding hydrogens is 1080 g/mol. The topological polar surface area (TPSA) is 228 Å². The van der Waals surface area contributed by atoms with Crippen LogP contribution in [0.1, 0.15) is 94.7 Å². The van der Waals surface area contributed by atoms with Gasteiger partial charge < -0.3 is 54.9 Å². The quantitative estimate of drug-likeness (QED) is 0.0711. The SMILES string of the molecule is Cc1ncsc1-c1ccc([C@H](C)NC(=O)[C@@H]2C[C@@H](O)CN2C(=O)[C@@H](c2cc(N3CCC(CN4CCN(CC5CC(Oc6cc(N7C8CC[C@@H]7CN(c7cc(-c9ccccc9O)nnc7N)C8)ccn6)C5)CC45COC5)CC3)no2)C(C)C)cc1. The maximum Gasteiger partial charge on any atom is 0.243 e. The first-order chi connectivity index (χ1) is 40.7. The molecule has 7 aliphatic rings.